The summed E-state index contributed by atoms with van der Waals surface area (Å²) in [6.45, 7) is 1.85. The van der Waals surface area contributed by atoms with Crippen LogP contribution in [0, 0.1) is 23.1 Å². The van der Waals surface area contributed by atoms with Gasteiger partial charge < -0.3 is 9.84 Å². The van der Waals surface area contributed by atoms with Crippen molar-refractivity contribution >= 4 is 28.1 Å². The average Bonchev–Trinajstić information content (AvgIpc) is 3.40. The summed E-state index contributed by atoms with van der Waals surface area (Å²) in [5, 5.41) is 22.9. The van der Waals surface area contributed by atoms with E-state index in [-0.39, 0.29) is 12.0 Å². The Morgan fingerprint density at radius 1 is 1.37 bits per heavy atom. The van der Waals surface area contributed by atoms with E-state index in [0.29, 0.717) is 55.5 Å². The van der Waals surface area contributed by atoms with Crippen LogP contribution in [-0.2, 0) is 4.79 Å². The smallest absolute Gasteiger partial charge is 0.249 e. The SMILES string of the molecule is COc1ccc2ncc(F)c(C(O)CCC3(C(=O)NO)CCN(CC#Cc4cccs4)CC3)c2c1. The Labute approximate surface area is 207 Å². The Hall–Kier alpha value is -3.03. The van der Waals surface area contributed by atoms with Crippen molar-refractivity contribution in [3.63, 3.8) is 0 Å². The molecule has 1 saturated heterocycles. The summed E-state index contributed by atoms with van der Waals surface area (Å²) >= 11 is 1.59. The number of halogens is 1. The van der Waals surface area contributed by atoms with Gasteiger partial charge in [0, 0.05) is 24.0 Å². The molecule has 3 heterocycles. The molecular formula is C26H28FN3O4S. The molecule has 3 aromatic rings. The van der Waals surface area contributed by atoms with Crippen molar-refractivity contribution < 1.29 is 24.2 Å². The number of ether oxygens (including phenoxy) is 1. The number of thiophene rings is 1. The van der Waals surface area contributed by atoms with Gasteiger partial charge in [0.05, 0.1) is 41.8 Å². The first-order valence-electron chi connectivity index (χ1n) is 11.5. The van der Waals surface area contributed by atoms with Crippen molar-refractivity contribution in [1.29, 1.82) is 0 Å². The molecule has 0 spiro atoms. The number of nitrogens with one attached hydrogen (secondary N) is 1. The van der Waals surface area contributed by atoms with Crippen molar-refractivity contribution in [3.8, 4) is 17.6 Å². The number of nitrogens with zero attached hydrogens (tertiary/aromatic N) is 2. The summed E-state index contributed by atoms with van der Waals surface area (Å²) in [5.41, 5.74) is 1.63. The number of pyridine rings is 1. The number of carbonyl (C=O) groups is 1. The van der Waals surface area contributed by atoms with Crippen LogP contribution in [0.15, 0.2) is 41.9 Å². The van der Waals surface area contributed by atoms with Crippen LogP contribution in [-0.4, -0.2) is 52.8 Å². The first-order valence-corrected chi connectivity index (χ1v) is 12.3. The Bertz CT molecular complexity index is 1230. The molecule has 1 aliphatic heterocycles. The lowest BCUT2D eigenvalue weighted by molar-refractivity contribution is -0.143. The van der Waals surface area contributed by atoms with Crippen molar-refractivity contribution in [2.24, 2.45) is 5.41 Å². The lowest BCUT2D eigenvalue weighted by Gasteiger charge is -2.40. The second-order valence-corrected chi connectivity index (χ2v) is 9.68. The number of likely N-dealkylation sites (tertiary alicyclic amines) is 1. The highest BCUT2D eigenvalue weighted by atomic mass is 32.1. The van der Waals surface area contributed by atoms with Gasteiger partial charge in [-0.1, -0.05) is 17.9 Å². The first-order chi connectivity index (χ1) is 17.0. The number of aliphatic hydroxyl groups excluding tert-OH is 1. The molecule has 7 nitrogen and oxygen atoms in total. The minimum absolute atomic E-state index is 0.134. The number of piperidine rings is 1. The van der Waals surface area contributed by atoms with Gasteiger partial charge in [-0.2, -0.15) is 0 Å². The third-order valence-electron chi connectivity index (χ3n) is 6.73. The Morgan fingerprint density at radius 3 is 2.86 bits per heavy atom. The van der Waals surface area contributed by atoms with Gasteiger partial charge in [0.25, 0.3) is 0 Å². The van der Waals surface area contributed by atoms with E-state index in [1.54, 1.807) is 35.0 Å². The molecule has 1 aromatic carbocycles. The molecule has 0 saturated carbocycles. The van der Waals surface area contributed by atoms with Crippen molar-refractivity contribution in [1.82, 2.24) is 15.4 Å². The lowest BCUT2D eigenvalue weighted by Crippen LogP contribution is -2.48. The molecule has 0 aliphatic carbocycles. The van der Waals surface area contributed by atoms with E-state index in [0.717, 1.165) is 11.1 Å². The monoisotopic (exact) mass is 497 g/mol. The van der Waals surface area contributed by atoms with Gasteiger partial charge in [-0.3, -0.25) is 19.9 Å². The second kappa shape index (κ2) is 11.1. The third kappa shape index (κ3) is 5.63. The summed E-state index contributed by atoms with van der Waals surface area (Å²) in [4.78, 5) is 20.0. The van der Waals surface area contributed by atoms with Crippen LogP contribution in [0.5, 0.6) is 5.75 Å². The molecule has 1 amide bonds. The van der Waals surface area contributed by atoms with Crippen LogP contribution < -0.4 is 10.2 Å². The van der Waals surface area contributed by atoms with Crippen molar-refractivity contribution in [2.75, 3.05) is 26.7 Å². The topological polar surface area (TPSA) is 94.9 Å². The number of methoxy groups -OCH3 is 1. The maximum Gasteiger partial charge on any atom is 0.249 e. The van der Waals surface area contributed by atoms with Gasteiger partial charge in [0.15, 0.2) is 0 Å². The van der Waals surface area contributed by atoms with Gasteiger partial charge in [-0.05, 0) is 55.3 Å². The van der Waals surface area contributed by atoms with Crippen LogP contribution >= 0.6 is 11.3 Å². The number of benzene rings is 1. The standard InChI is InChI=1S/C26H28FN3O4S/c1-34-18-6-7-22-20(16-18)24(21(27)17-28-22)23(31)8-9-26(25(32)29-33)10-13-30(14-11-26)12-2-4-19-5-3-15-35-19/h3,5-7,15-17,23,31,33H,8-14H2,1H3,(H,29,32). The molecule has 1 aliphatic rings. The van der Waals surface area contributed by atoms with Crippen molar-refractivity contribution in [3.05, 3.63) is 58.2 Å². The fraction of sp³-hybridized carbons (Fsp3) is 0.385. The number of hydrogen-bond donors (Lipinski definition) is 3. The summed E-state index contributed by atoms with van der Waals surface area (Å²) < 4.78 is 20.0. The Kier molecular flexibility index (Phi) is 7.98. The van der Waals surface area contributed by atoms with E-state index in [1.807, 2.05) is 17.5 Å². The molecule has 4 rings (SSSR count). The van der Waals surface area contributed by atoms with E-state index in [1.165, 1.54) is 7.11 Å². The van der Waals surface area contributed by atoms with Gasteiger partial charge >= 0.3 is 0 Å². The highest BCUT2D eigenvalue weighted by molar-refractivity contribution is 7.10. The number of amides is 1. The number of aliphatic hydroxyl groups is 1. The molecule has 1 atom stereocenters. The lowest BCUT2D eigenvalue weighted by atomic mass is 9.73. The highest BCUT2D eigenvalue weighted by Gasteiger charge is 2.41. The summed E-state index contributed by atoms with van der Waals surface area (Å²) in [5.74, 6) is 5.75. The molecule has 1 fully saturated rings. The summed E-state index contributed by atoms with van der Waals surface area (Å²) in [7, 11) is 1.52. The van der Waals surface area contributed by atoms with E-state index >= 15 is 0 Å². The molecule has 0 bridgehead atoms. The zero-order valence-corrected chi connectivity index (χ0v) is 20.3. The van der Waals surface area contributed by atoms with Gasteiger partial charge in [0.2, 0.25) is 5.91 Å². The average molecular weight is 498 g/mol. The molecule has 184 valence electrons. The van der Waals surface area contributed by atoms with Crippen LogP contribution in [0.4, 0.5) is 4.39 Å². The minimum Gasteiger partial charge on any atom is -0.497 e. The number of hydroxylamine groups is 1. The van der Waals surface area contributed by atoms with E-state index in [2.05, 4.69) is 21.7 Å². The maximum atomic E-state index is 14.8. The van der Waals surface area contributed by atoms with Gasteiger partial charge in [-0.15, -0.1) is 11.3 Å². The number of fused-ring (bicyclic) bond motifs is 1. The third-order valence-corrected chi connectivity index (χ3v) is 7.51. The molecule has 0 radical (unpaired) electrons. The van der Waals surface area contributed by atoms with Crippen LogP contribution in [0.25, 0.3) is 10.9 Å². The predicted molar refractivity (Wildman–Crippen MR) is 132 cm³/mol. The predicted octanol–water partition coefficient (Wildman–Crippen LogP) is 3.90. The highest BCUT2D eigenvalue weighted by Crippen LogP contribution is 2.40. The molecule has 35 heavy (non-hydrogen) atoms. The second-order valence-electron chi connectivity index (χ2n) is 8.73. The quantitative estimate of drug-likeness (QED) is 0.260. The van der Waals surface area contributed by atoms with E-state index in [4.69, 9.17) is 4.74 Å². The zero-order valence-electron chi connectivity index (χ0n) is 19.5. The van der Waals surface area contributed by atoms with Crippen LogP contribution in [0.3, 0.4) is 0 Å². The molecule has 3 N–H and O–H groups in total. The molecule has 9 heteroatoms. The Balaban J connectivity index is 1.46. The largest absolute Gasteiger partial charge is 0.497 e. The van der Waals surface area contributed by atoms with Crippen LogP contribution in [0.2, 0.25) is 0 Å². The van der Waals surface area contributed by atoms with Crippen molar-refractivity contribution in [2.45, 2.75) is 31.8 Å². The summed E-state index contributed by atoms with van der Waals surface area (Å²) in [6, 6.07) is 9.02. The zero-order chi connectivity index (χ0) is 24.8. The Morgan fingerprint density at radius 2 is 2.17 bits per heavy atom. The number of rotatable bonds is 7. The molecule has 2 aromatic heterocycles. The normalized spacial score (nSPS) is 16.3. The molecule has 1 unspecified atom stereocenters. The minimum atomic E-state index is -1.15. The molecular weight excluding hydrogens is 469 g/mol. The fourth-order valence-corrected chi connectivity index (χ4v) is 5.22. The summed E-state index contributed by atoms with van der Waals surface area (Å²) in [6.07, 6.45) is 1.40. The van der Waals surface area contributed by atoms with Gasteiger partial charge in [0.1, 0.15) is 11.6 Å². The number of hydrogen-bond acceptors (Lipinski definition) is 7. The number of aromatic nitrogens is 1. The van der Waals surface area contributed by atoms with E-state index in [9.17, 15) is 19.5 Å². The fourth-order valence-electron chi connectivity index (χ4n) is 4.63. The van der Waals surface area contributed by atoms with Gasteiger partial charge in [-0.25, -0.2) is 9.87 Å². The first kappa shape index (κ1) is 25.1. The maximum absolute atomic E-state index is 14.8. The van der Waals surface area contributed by atoms with Crippen LogP contribution in [0.1, 0.15) is 42.2 Å². The van der Waals surface area contributed by atoms with E-state index < -0.39 is 23.2 Å². The number of carbonyl (C=O) groups excluding carboxylic acids is 1.